The van der Waals surface area contributed by atoms with Gasteiger partial charge >= 0.3 is 0 Å². The number of aryl methyl sites for hydroxylation is 1. The molecule has 0 unspecified atom stereocenters. The van der Waals surface area contributed by atoms with Crippen molar-refractivity contribution in [1.29, 1.82) is 0 Å². The highest BCUT2D eigenvalue weighted by atomic mass is 15.0. The number of aromatic nitrogens is 2. The van der Waals surface area contributed by atoms with E-state index >= 15 is 0 Å². The number of pyridine rings is 1. The second kappa shape index (κ2) is 18.4. The summed E-state index contributed by atoms with van der Waals surface area (Å²) in [6.45, 7) is 12.9. The first kappa shape index (κ1) is 41.7. The molecule has 316 valence electrons. The van der Waals surface area contributed by atoms with Gasteiger partial charge in [0.25, 0.3) is 0 Å². The lowest BCUT2D eigenvalue weighted by Gasteiger charge is -2.17. The molecule has 0 N–H and O–H groups in total. The molecule has 0 spiro atoms. The topological polar surface area (TPSA) is 17.8 Å². The van der Waals surface area contributed by atoms with Gasteiger partial charge in [-0.05, 0) is 141 Å². The number of hydrogen-bond acceptors (Lipinski definition) is 1. The average molecular weight is 847 g/mol. The maximum absolute atomic E-state index is 5.44. The highest BCUT2D eigenvalue weighted by Gasteiger charge is 2.17. The monoisotopic (exact) mass is 846 g/mol. The van der Waals surface area contributed by atoms with Crippen molar-refractivity contribution in [3.63, 3.8) is 0 Å². The van der Waals surface area contributed by atoms with Crippen LogP contribution in [0.3, 0.4) is 0 Å². The van der Waals surface area contributed by atoms with Crippen molar-refractivity contribution in [1.82, 2.24) is 9.55 Å². The number of allylic oxidation sites excluding steroid dienone is 6. The molecule has 0 aliphatic heterocycles. The number of benzene rings is 8. The Balaban J connectivity index is 1.06. The number of fused-ring (bicyclic) bond motifs is 3. The van der Waals surface area contributed by atoms with Gasteiger partial charge in [-0.3, -0.25) is 0 Å². The summed E-state index contributed by atoms with van der Waals surface area (Å²) < 4.78 is 2.36. The molecular weight excluding hydrogens is 797 g/mol. The van der Waals surface area contributed by atoms with Gasteiger partial charge in [-0.15, -0.1) is 0 Å². The van der Waals surface area contributed by atoms with Crippen LogP contribution in [0.25, 0.3) is 100 Å². The van der Waals surface area contributed by atoms with Gasteiger partial charge in [0.15, 0.2) is 0 Å². The van der Waals surface area contributed by atoms with Crippen LogP contribution < -0.4 is 0 Å². The van der Waals surface area contributed by atoms with Crippen LogP contribution in [0.15, 0.2) is 249 Å². The van der Waals surface area contributed by atoms with Crippen LogP contribution in [0.2, 0.25) is 0 Å². The molecule has 2 heteroatoms. The van der Waals surface area contributed by atoms with Crippen LogP contribution in [0.1, 0.15) is 24.5 Å². The summed E-state index contributed by atoms with van der Waals surface area (Å²) in [7, 11) is 0. The van der Waals surface area contributed by atoms with Crippen molar-refractivity contribution in [2.24, 2.45) is 0 Å². The summed E-state index contributed by atoms with van der Waals surface area (Å²) in [4.78, 5) is 5.44. The Hall–Kier alpha value is -8.33. The Morgan fingerprint density at radius 1 is 0.500 bits per heavy atom. The molecule has 0 aliphatic carbocycles. The summed E-state index contributed by atoms with van der Waals surface area (Å²) in [6.07, 6.45) is 9.04. The van der Waals surface area contributed by atoms with Gasteiger partial charge in [-0.25, -0.2) is 4.98 Å². The minimum absolute atomic E-state index is 0.908. The first-order chi connectivity index (χ1) is 32.5. The van der Waals surface area contributed by atoms with E-state index < -0.39 is 0 Å². The molecule has 2 aromatic heterocycles. The minimum atomic E-state index is 0.908. The Kier molecular flexibility index (Phi) is 11.6. The Morgan fingerprint density at radius 3 is 1.77 bits per heavy atom. The fourth-order valence-electron chi connectivity index (χ4n) is 9.27. The minimum Gasteiger partial charge on any atom is -0.309 e. The lowest BCUT2D eigenvalue weighted by molar-refractivity contribution is 1.18. The van der Waals surface area contributed by atoms with Gasteiger partial charge in [0.2, 0.25) is 0 Å². The largest absolute Gasteiger partial charge is 0.309 e. The maximum Gasteiger partial charge on any atom is 0.0715 e. The maximum atomic E-state index is 5.44. The highest BCUT2D eigenvalue weighted by molar-refractivity contribution is 6.10. The van der Waals surface area contributed by atoms with E-state index in [1.54, 1.807) is 0 Å². The summed E-state index contributed by atoms with van der Waals surface area (Å²) in [5, 5.41) is 2.47. The predicted octanol–water partition coefficient (Wildman–Crippen LogP) is 17.6. The van der Waals surface area contributed by atoms with Gasteiger partial charge < -0.3 is 4.57 Å². The number of nitrogens with zero attached hydrogens (tertiary/aromatic N) is 2. The smallest absolute Gasteiger partial charge is 0.0715 e. The van der Waals surface area contributed by atoms with E-state index in [0.717, 1.165) is 90.3 Å². The van der Waals surface area contributed by atoms with E-state index in [0.29, 0.717) is 0 Å². The third-order valence-corrected chi connectivity index (χ3v) is 12.6. The van der Waals surface area contributed by atoms with Crippen LogP contribution >= 0.6 is 0 Å². The lowest BCUT2D eigenvalue weighted by Crippen LogP contribution is -1.95. The average Bonchev–Trinajstić information content (AvgIpc) is 3.71. The molecule has 0 saturated heterocycles. The molecule has 2 nitrogen and oxygen atoms in total. The van der Waals surface area contributed by atoms with Crippen LogP contribution in [-0.4, -0.2) is 9.55 Å². The van der Waals surface area contributed by atoms with E-state index in [9.17, 15) is 0 Å². The lowest BCUT2D eigenvalue weighted by atomic mass is 9.87. The second-order valence-electron chi connectivity index (χ2n) is 16.8. The zero-order valence-corrected chi connectivity index (χ0v) is 37.5. The zero-order valence-electron chi connectivity index (χ0n) is 37.5. The summed E-state index contributed by atoms with van der Waals surface area (Å²) >= 11 is 0. The van der Waals surface area contributed by atoms with Crippen molar-refractivity contribution >= 4 is 27.4 Å². The molecule has 10 aromatic rings. The first-order valence-electron chi connectivity index (χ1n) is 22.7. The van der Waals surface area contributed by atoms with Crippen LogP contribution in [-0.2, 0) is 0 Å². The SMILES string of the molecule is C=C/C=C\C(=C/CC)C(=C)c1ccc(-c2cccc(-c3cc(-c4ccccc4)cc(-c4cccc(-c5ccc6c(c5)c5ccccc5n6-c5ccccc5)c4)n3)c2)cc1-c1ccccc1C. The molecule has 2 heterocycles. The molecular formula is C64H50N2. The van der Waals surface area contributed by atoms with Crippen LogP contribution in [0.5, 0.6) is 0 Å². The number of para-hydroxylation sites is 2. The molecule has 8 aromatic carbocycles. The fourth-order valence-corrected chi connectivity index (χ4v) is 9.27. The Bertz CT molecular complexity index is 3490. The predicted molar refractivity (Wildman–Crippen MR) is 283 cm³/mol. The quantitative estimate of drug-likeness (QED) is 0.112. The molecule has 66 heavy (non-hydrogen) atoms. The van der Waals surface area contributed by atoms with E-state index in [4.69, 9.17) is 4.98 Å². The summed E-state index contributed by atoms with van der Waals surface area (Å²) in [5.41, 5.74) is 21.1. The van der Waals surface area contributed by atoms with Crippen molar-refractivity contribution in [2.75, 3.05) is 0 Å². The van der Waals surface area contributed by atoms with Crippen molar-refractivity contribution in [3.8, 4) is 72.7 Å². The molecule has 0 bridgehead atoms. The molecule has 0 atom stereocenters. The molecule has 0 aliphatic rings. The Labute approximate surface area is 388 Å². The van der Waals surface area contributed by atoms with Gasteiger partial charge in [0.05, 0.1) is 22.4 Å². The van der Waals surface area contributed by atoms with Gasteiger partial charge in [-0.2, -0.15) is 0 Å². The molecule has 0 saturated carbocycles. The van der Waals surface area contributed by atoms with E-state index in [-0.39, 0.29) is 0 Å². The standard InChI is InChI=1S/C64H50N2/c1-5-7-22-46(20-6-2)45(4)57-36-34-50(40-59(57)56-31-15-14-21-44(56)3)48-25-18-27-52(38-48)61-42-54(47-23-10-8-11-24-47)43-62(65-61)53-28-19-26-49(39-53)51-35-37-64-60(41-51)58-32-16-17-33-63(58)66(64)55-29-12-9-13-30-55/h5,7-43H,1,4,6H2,2-3H3/b22-7-,46-20+. The fraction of sp³-hybridized carbons (Fsp3) is 0.0469. The van der Waals surface area contributed by atoms with Gasteiger partial charge in [0, 0.05) is 27.6 Å². The first-order valence-corrected chi connectivity index (χ1v) is 22.7. The molecule has 0 radical (unpaired) electrons. The normalized spacial score (nSPS) is 11.7. The van der Waals surface area contributed by atoms with Crippen molar-refractivity contribution in [3.05, 3.63) is 260 Å². The van der Waals surface area contributed by atoms with E-state index in [1.165, 1.54) is 32.9 Å². The van der Waals surface area contributed by atoms with Crippen LogP contribution in [0, 0.1) is 6.92 Å². The summed E-state index contributed by atoms with van der Waals surface area (Å²) in [5.74, 6) is 0. The molecule has 0 amide bonds. The number of hydrogen-bond donors (Lipinski definition) is 0. The van der Waals surface area contributed by atoms with Crippen molar-refractivity contribution in [2.45, 2.75) is 20.3 Å². The summed E-state index contributed by atoms with van der Waals surface area (Å²) in [6, 6.07) is 74.2. The Morgan fingerprint density at radius 2 is 1.08 bits per heavy atom. The van der Waals surface area contributed by atoms with E-state index in [1.807, 2.05) is 12.2 Å². The molecule has 0 fully saturated rings. The highest BCUT2D eigenvalue weighted by Crippen LogP contribution is 2.40. The third-order valence-electron chi connectivity index (χ3n) is 12.6. The van der Waals surface area contributed by atoms with Crippen molar-refractivity contribution < 1.29 is 0 Å². The molecule has 10 rings (SSSR count). The zero-order chi connectivity index (χ0) is 45.0. The van der Waals surface area contributed by atoms with Gasteiger partial charge in [0.1, 0.15) is 0 Å². The second-order valence-corrected chi connectivity index (χ2v) is 16.8. The van der Waals surface area contributed by atoms with Gasteiger partial charge in [-0.1, -0.05) is 190 Å². The number of rotatable bonds is 12. The van der Waals surface area contributed by atoms with E-state index in [2.05, 4.69) is 250 Å². The van der Waals surface area contributed by atoms with Crippen LogP contribution in [0.4, 0.5) is 0 Å². The third kappa shape index (κ3) is 8.17.